The van der Waals surface area contributed by atoms with E-state index < -0.39 is 86.8 Å². The molecule has 0 aromatic heterocycles. The fraction of sp³-hybridized carbons (Fsp3) is 0.874. The van der Waals surface area contributed by atoms with Gasteiger partial charge in [0.2, 0.25) is 5.91 Å². The van der Waals surface area contributed by atoms with Crippen LogP contribution in [-0.2, 0) is 23.7 Å². The van der Waals surface area contributed by atoms with Crippen molar-refractivity contribution in [3.63, 3.8) is 0 Å². The number of carbonyl (C=O) groups excluding carboxylic acids is 1. The number of aliphatic hydroxyl groups excluding tert-OH is 8. The molecule has 0 bridgehead atoms. The van der Waals surface area contributed by atoms with Crippen molar-refractivity contribution in [2.75, 3.05) is 19.8 Å². The molecule has 12 unspecified atom stereocenters. The molecule has 592 valence electrons. The van der Waals surface area contributed by atoms with Crippen molar-refractivity contribution in [2.45, 2.75) is 466 Å². The quantitative estimate of drug-likeness (QED) is 0.0204. The number of aliphatic hydroxyl groups is 8. The Kier molecular flexibility index (Phi) is 66.3. The van der Waals surface area contributed by atoms with Crippen LogP contribution in [0.15, 0.2) is 60.8 Å². The van der Waals surface area contributed by atoms with Crippen LogP contribution in [0.3, 0.4) is 0 Å². The zero-order chi connectivity index (χ0) is 73.0. The molecule has 0 aromatic carbocycles. The summed E-state index contributed by atoms with van der Waals surface area (Å²) in [6.07, 6.45) is 80.5. The summed E-state index contributed by atoms with van der Waals surface area (Å²) in [5.41, 5.74) is 0. The minimum Gasteiger partial charge on any atom is -0.394 e. The average Bonchev–Trinajstić information content (AvgIpc) is 0.792. The first-order chi connectivity index (χ1) is 49.6. The van der Waals surface area contributed by atoms with Crippen LogP contribution in [0.5, 0.6) is 0 Å². The number of amides is 1. The fourth-order valence-corrected chi connectivity index (χ4v) is 14.1. The van der Waals surface area contributed by atoms with Crippen LogP contribution >= 0.6 is 0 Å². The van der Waals surface area contributed by atoms with Gasteiger partial charge in [0.05, 0.1) is 32.0 Å². The van der Waals surface area contributed by atoms with Crippen molar-refractivity contribution in [1.82, 2.24) is 5.32 Å². The summed E-state index contributed by atoms with van der Waals surface area (Å²) in [6.45, 7) is 2.83. The number of hydrogen-bond acceptors (Lipinski definition) is 13. The number of allylic oxidation sites excluding steroid dienone is 9. The van der Waals surface area contributed by atoms with Gasteiger partial charge in [0.1, 0.15) is 48.8 Å². The molecule has 0 radical (unpaired) electrons. The Bertz CT molecular complexity index is 1930. The number of carbonyl (C=O) groups is 1. The molecule has 1 amide bonds. The van der Waals surface area contributed by atoms with Gasteiger partial charge in [-0.3, -0.25) is 4.79 Å². The molecule has 2 aliphatic heterocycles. The molecule has 2 saturated heterocycles. The Balaban J connectivity index is 1.60. The van der Waals surface area contributed by atoms with Crippen molar-refractivity contribution in [3.05, 3.63) is 60.8 Å². The van der Waals surface area contributed by atoms with Crippen molar-refractivity contribution in [1.29, 1.82) is 0 Å². The third kappa shape index (κ3) is 53.2. The predicted molar refractivity (Wildman–Crippen MR) is 420 cm³/mol. The molecule has 0 aliphatic carbocycles. The number of rotatable bonds is 73. The van der Waals surface area contributed by atoms with E-state index in [9.17, 15) is 45.6 Å². The maximum atomic E-state index is 13.4. The molecule has 0 saturated carbocycles. The second kappa shape index (κ2) is 70.7. The van der Waals surface area contributed by atoms with Crippen LogP contribution in [0.25, 0.3) is 0 Å². The standard InChI is InChI=1S/C87H161NO13/c1-3-5-7-9-11-13-15-17-19-21-23-25-27-29-31-33-35-36-37-38-39-40-41-43-45-47-49-51-53-55-57-59-61-63-65-67-69-71-79(92)88-75(74-98-86-84(97)82(95)85(78(73-90)100-86)101-87-83(96)81(94)80(93)77(72-89)99-87)76(91)70-68-66-64-62-60-58-56-54-52-50-48-46-44-42-34-32-30-28-26-24-22-20-18-16-14-12-10-8-6-4-2/h15,17,21,23,52,54,60,62,68,70,75-78,80-87,89-91,93-97H,3-14,16,18-20,22,24-51,53,55-59,61,63-67,69,71-74H2,1-2H3,(H,88,92)/b17-15-,23-21-,54-52+,62-60+,70-68+. The molecule has 101 heavy (non-hydrogen) atoms. The first kappa shape index (κ1) is 94.8. The summed E-state index contributed by atoms with van der Waals surface area (Å²) < 4.78 is 22.9. The molecule has 2 heterocycles. The Morgan fingerprint density at radius 1 is 0.356 bits per heavy atom. The second-order valence-corrected chi connectivity index (χ2v) is 30.3. The molecule has 0 aromatic rings. The minimum atomic E-state index is -1.79. The number of unbranched alkanes of at least 4 members (excludes halogenated alkanes) is 52. The molecule has 2 aliphatic rings. The van der Waals surface area contributed by atoms with E-state index in [1.807, 2.05) is 6.08 Å². The Labute approximate surface area is 619 Å². The minimum absolute atomic E-state index is 0.246. The summed E-state index contributed by atoms with van der Waals surface area (Å²) in [5.74, 6) is -0.246. The summed E-state index contributed by atoms with van der Waals surface area (Å²) >= 11 is 0. The Hall–Kier alpha value is -2.31. The lowest BCUT2D eigenvalue weighted by atomic mass is 9.97. The largest absolute Gasteiger partial charge is 0.394 e. The highest BCUT2D eigenvalue weighted by molar-refractivity contribution is 5.76. The van der Waals surface area contributed by atoms with E-state index >= 15 is 0 Å². The van der Waals surface area contributed by atoms with Gasteiger partial charge < -0.3 is 65.1 Å². The van der Waals surface area contributed by atoms with E-state index in [0.717, 1.165) is 51.4 Å². The molecule has 12 atom stereocenters. The molecule has 9 N–H and O–H groups in total. The normalized spacial score (nSPS) is 22.0. The van der Waals surface area contributed by atoms with Gasteiger partial charge in [-0.2, -0.15) is 0 Å². The highest BCUT2D eigenvalue weighted by Crippen LogP contribution is 2.30. The fourth-order valence-electron chi connectivity index (χ4n) is 14.1. The average molecular weight is 1430 g/mol. The summed E-state index contributed by atoms with van der Waals surface area (Å²) in [6, 6.07) is -0.941. The van der Waals surface area contributed by atoms with Crippen molar-refractivity contribution >= 4 is 5.91 Å². The summed E-state index contributed by atoms with van der Waals surface area (Å²) in [7, 11) is 0. The lowest BCUT2D eigenvalue weighted by Gasteiger charge is -2.46. The first-order valence-corrected chi connectivity index (χ1v) is 43.0. The molecule has 2 fully saturated rings. The lowest BCUT2D eigenvalue weighted by molar-refractivity contribution is -0.359. The Morgan fingerprint density at radius 2 is 0.663 bits per heavy atom. The number of ether oxygens (including phenoxy) is 4. The monoisotopic (exact) mass is 1430 g/mol. The van der Waals surface area contributed by atoms with E-state index in [0.29, 0.717) is 12.8 Å². The highest BCUT2D eigenvalue weighted by atomic mass is 16.7. The predicted octanol–water partition coefficient (Wildman–Crippen LogP) is 20.3. The van der Waals surface area contributed by atoms with Crippen molar-refractivity contribution in [3.8, 4) is 0 Å². The van der Waals surface area contributed by atoms with Gasteiger partial charge in [-0.15, -0.1) is 0 Å². The third-order valence-corrected chi connectivity index (χ3v) is 20.9. The van der Waals surface area contributed by atoms with Gasteiger partial charge in [-0.25, -0.2) is 0 Å². The molecule has 14 nitrogen and oxygen atoms in total. The van der Waals surface area contributed by atoms with E-state index in [1.165, 1.54) is 308 Å². The summed E-state index contributed by atoms with van der Waals surface area (Å²) in [4.78, 5) is 13.4. The smallest absolute Gasteiger partial charge is 0.220 e. The zero-order valence-corrected chi connectivity index (χ0v) is 65.2. The number of hydrogen-bond donors (Lipinski definition) is 9. The van der Waals surface area contributed by atoms with E-state index in [-0.39, 0.29) is 18.9 Å². The SMILES string of the molecule is CCCCCCC/C=C\C/C=C\CCCCCCCCCCCCCCCCCCCCCCCCCCCC(=O)NC(COC1OC(CO)C(OC2OC(CO)C(O)C(O)C2O)C(O)C1O)C(O)/C=C/CC/C=C/CC/C=C/CCCCCCCCCCCCCCCCCCCCCC. The molecule has 14 heteroatoms. The molecule has 0 spiro atoms. The highest BCUT2D eigenvalue weighted by Gasteiger charge is 2.51. The zero-order valence-electron chi connectivity index (χ0n) is 65.2. The van der Waals surface area contributed by atoms with Gasteiger partial charge in [0, 0.05) is 6.42 Å². The number of nitrogens with one attached hydrogen (secondary N) is 1. The van der Waals surface area contributed by atoms with Gasteiger partial charge in [-0.05, 0) is 77.0 Å². The van der Waals surface area contributed by atoms with Crippen LogP contribution in [0.1, 0.15) is 393 Å². The van der Waals surface area contributed by atoms with Crippen molar-refractivity contribution < 1.29 is 64.6 Å². The van der Waals surface area contributed by atoms with Crippen LogP contribution < -0.4 is 5.32 Å². The maximum absolute atomic E-state index is 13.4. The van der Waals surface area contributed by atoms with Gasteiger partial charge >= 0.3 is 0 Å². The second-order valence-electron chi connectivity index (χ2n) is 30.3. The van der Waals surface area contributed by atoms with E-state index in [4.69, 9.17) is 18.9 Å². The molecular weight excluding hydrogens is 1270 g/mol. The van der Waals surface area contributed by atoms with Crippen molar-refractivity contribution in [2.24, 2.45) is 0 Å². The molecular formula is C87H161NO13. The first-order valence-electron chi connectivity index (χ1n) is 43.0. The van der Waals surface area contributed by atoms with Crippen LogP contribution in [0.2, 0.25) is 0 Å². The van der Waals surface area contributed by atoms with E-state index in [2.05, 4.69) is 67.8 Å². The lowest BCUT2D eigenvalue weighted by Crippen LogP contribution is -2.65. The van der Waals surface area contributed by atoms with Crippen LogP contribution in [-0.4, -0.2) is 140 Å². The van der Waals surface area contributed by atoms with E-state index in [1.54, 1.807) is 6.08 Å². The van der Waals surface area contributed by atoms with Crippen LogP contribution in [0.4, 0.5) is 0 Å². The Morgan fingerprint density at radius 3 is 1.03 bits per heavy atom. The van der Waals surface area contributed by atoms with Gasteiger partial charge in [0.25, 0.3) is 0 Å². The summed E-state index contributed by atoms with van der Waals surface area (Å²) in [5, 5.41) is 87.7. The maximum Gasteiger partial charge on any atom is 0.220 e. The molecule has 2 rings (SSSR count). The van der Waals surface area contributed by atoms with Crippen LogP contribution in [0, 0.1) is 0 Å². The van der Waals surface area contributed by atoms with Gasteiger partial charge in [-0.1, -0.05) is 370 Å². The topological polar surface area (TPSA) is 228 Å². The van der Waals surface area contributed by atoms with Gasteiger partial charge in [0.15, 0.2) is 12.6 Å². The third-order valence-electron chi connectivity index (χ3n) is 20.9.